The number of hydrogen-bond donors (Lipinski definition) is 1. The molecular formula is C12H27NO. The van der Waals surface area contributed by atoms with Gasteiger partial charge in [0, 0.05) is 19.3 Å². The van der Waals surface area contributed by atoms with Crippen LogP contribution in [0.4, 0.5) is 0 Å². The molecule has 14 heavy (non-hydrogen) atoms. The van der Waals surface area contributed by atoms with E-state index in [2.05, 4.69) is 26.1 Å². The van der Waals surface area contributed by atoms with E-state index in [1.165, 1.54) is 25.7 Å². The monoisotopic (exact) mass is 201 g/mol. The molecule has 0 bridgehead atoms. The van der Waals surface area contributed by atoms with Crippen LogP contribution in [0.1, 0.15) is 46.5 Å². The Morgan fingerprint density at radius 1 is 1.21 bits per heavy atom. The summed E-state index contributed by atoms with van der Waals surface area (Å²) in [6, 6.07) is 0.617. The third kappa shape index (κ3) is 8.52. The van der Waals surface area contributed by atoms with Crippen molar-refractivity contribution in [1.29, 1.82) is 0 Å². The minimum absolute atomic E-state index is 0.617. The summed E-state index contributed by atoms with van der Waals surface area (Å²) in [6.45, 7) is 8.55. The van der Waals surface area contributed by atoms with Gasteiger partial charge in [-0.3, -0.25) is 0 Å². The Morgan fingerprint density at radius 3 is 2.50 bits per heavy atom. The number of ether oxygens (including phenoxy) is 1. The van der Waals surface area contributed by atoms with Gasteiger partial charge in [0.15, 0.2) is 0 Å². The number of nitrogens with one attached hydrogen (secondary N) is 1. The molecule has 0 rings (SSSR count). The molecular weight excluding hydrogens is 174 g/mol. The molecule has 0 aromatic heterocycles. The summed E-state index contributed by atoms with van der Waals surface area (Å²) in [5.41, 5.74) is 0. The lowest BCUT2D eigenvalue weighted by molar-refractivity contribution is 0.0974. The Bertz CT molecular complexity index is 117. The molecule has 0 heterocycles. The summed E-state index contributed by atoms with van der Waals surface area (Å²) in [5, 5.41) is 3.23. The zero-order chi connectivity index (χ0) is 10.8. The first-order chi connectivity index (χ1) is 6.70. The largest absolute Gasteiger partial charge is 0.381 e. The van der Waals surface area contributed by atoms with Crippen molar-refractivity contribution in [3.63, 3.8) is 0 Å². The average Bonchev–Trinajstić information content (AvgIpc) is 2.17. The van der Waals surface area contributed by atoms with Crippen molar-refractivity contribution < 1.29 is 4.74 Å². The predicted octanol–water partition coefficient (Wildman–Crippen LogP) is 2.83. The van der Waals surface area contributed by atoms with Gasteiger partial charge in [0.2, 0.25) is 0 Å². The Hall–Kier alpha value is -0.0800. The second-order valence-electron chi connectivity index (χ2n) is 4.30. The molecule has 2 nitrogen and oxygen atoms in total. The first-order valence-corrected chi connectivity index (χ1v) is 5.95. The Kier molecular flexibility index (Phi) is 9.42. The second kappa shape index (κ2) is 9.47. The average molecular weight is 201 g/mol. The summed E-state index contributed by atoms with van der Waals surface area (Å²) in [4.78, 5) is 0. The topological polar surface area (TPSA) is 21.3 Å². The molecule has 0 radical (unpaired) electrons. The second-order valence-corrected chi connectivity index (χ2v) is 4.30. The van der Waals surface area contributed by atoms with E-state index in [0.29, 0.717) is 6.04 Å². The molecule has 0 aromatic carbocycles. The number of rotatable bonds is 9. The van der Waals surface area contributed by atoms with Gasteiger partial charge in [-0.1, -0.05) is 20.3 Å². The maximum Gasteiger partial charge on any atom is 0.0491 e. The predicted molar refractivity (Wildman–Crippen MR) is 62.6 cm³/mol. The first kappa shape index (κ1) is 13.9. The van der Waals surface area contributed by atoms with Gasteiger partial charge in [-0.25, -0.2) is 0 Å². The maximum atomic E-state index is 5.62. The fourth-order valence-electron chi connectivity index (χ4n) is 1.50. The van der Waals surface area contributed by atoms with Crippen molar-refractivity contribution >= 4 is 0 Å². The highest BCUT2D eigenvalue weighted by molar-refractivity contribution is 4.56. The Balaban J connectivity index is 3.13. The van der Waals surface area contributed by atoms with Crippen molar-refractivity contribution in [2.75, 3.05) is 20.3 Å². The van der Waals surface area contributed by atoms with Crippen LogP contribution in [0.3, 0.4) is 0 Å². The highest BCUT2D eigenvalue weighted by atomic mass is 16.5. The van der Waals surface area contributed by atoms with Gasteiger partial charge in [-0.05, 0) is 39.2 Å². The van der Waals surface area contributed by atoms with Crippen LogP contribution < -0.4 is 5.32 Å². The molecule has 0 aromatic rings. The van der Waals surface area contributed by atoms with Crippen LogP contribution in [0.15, 0.2) is 0 Å². The fourth-order valence-corrected chi connectivity index (χ4v) is 1.50. The van der Waals surface area contributed by atoms with Gasteiger partial charge in [0.25, 0.3) is 0 Å². The Labute approximate surface area is 89.4 Å². The van der Waals surface area contributed by atoms with Crippen molar-refractivity contribution in [3.8, 4) is 0 Å². The zero-order valence-corrected chi connectivity index (χ0v) is 10.3. The van der Waals surface area contributed by atoms with Crippen LogP contribution in [0.25, 0.3) is 0 Å². The van der Waals surface area contributed by atoms with E-state index in [4.69, 9.17) is 4.74 Å². The highest BCUT2D eigenvalue weighted by Crippen LogP contribution is 2.05. The Morgan fingerprint density at radius 2 is 1.93 bits per heavy atom. The first-order valence-electron chi connectivity index (χ1n) is 5.95. The fraction of sp³-hybridized carbons (Fsp3) is 1.00. The quantitative estimate of drug-likeness (QED) is 0.579. The van der Waals surface area contributed by atoms with E-state index in [9.17, 15) is 0 Å². The van der Waals surface area contributed by atoms with Crippen molar-refractivity contribution in [1.82, 2.24) is 5.32 Å². The van der Waals surface area contributed by atoms with E-state index in [0.717, 1.165) is 19.1 Å². The zero-order valence-electron chi connectivity index (χ0n) is 10.3. The van der Waals surface area contributed by atoms with Crippen LogP contribution >= 0.6 is 0 Å². The van der Waals surface area contributed by atoms with Gasteiger partial charge in [0.05, 0.1) is 0 Å². The van der Waals surface area contributed by atoms with Gasteiger partial charge < -0.3 is 10.1 Å². The molecule has 0 amide bonds. The van der Waals surface area contributed by atoms with Crippen LogP contribution in [-0.2, 0) is 4.74 Å². The summed E-state index contributed by atoms with van der Waals surface area (Å²) in [6.07, 6.45) is 4.92. The molecule has 1 N–H and O–H groups in total. The molecule has 0 saturated heterocycles. The SMILES string of the molecule is CCCC(C)COCCCC(C)NC. The lowest BCUT2D eigenvalue weighted by Crippen LogP contribution is -2.21. The van der Waals surface area contributed by atoms with Gasteiger partial charge in [-0.2, -0.15) is 0 Å². The molecule has 86 valence electrons. The molecule has 0 aliphatic carbocycles. The third-order valence-corrected chi connectivity index (χ3v) is 2.60. The smallest absolute Gasteiger partial charge is 0.0491 e. The standard InChI is InChI=1S/C12H27NO/c1-5-7-11(2)10-14-9-6-8-12(3)13-4/h11-13H,5-10H2,1-4H3. The van der Waals surface area contributed by atoms with Crippen molar-refractivity contribution in [3.05, 3.63) is 0 Å². The molecule has 0 saturated carbocycles. The van der Waals surface area contributed by atoms with E-state index in [1.54, 1.807) is 0 Å². The van der Waals surface area contributed by atoms with E-state index in [-0.39, 0.29) is 0 Å². The van der Waals surface area contributed by atoms with Crippen molar-refractivity contribution in [2.24, 2.45) is 5.92 Å². The van der Waals surface area contributed by atoms with Gasteiger partial charge in [0.1, 0.15) is 0 Å². The third-order valence-electron chi connectivity index (χ3n) is 2.60. The minimum Gasteiger partial charge on any atom is -0.381 e. The lowest BCUT2D eigenvalue weighted by Gasteiger charge is -2.12. The van der Waals surface area contributed by atoms with E-state index >= 15 is 0 Å². The van der Waals surface area contributed by atoms with Crippen LogP contribution in [-0.4, -0.2) is 26.3 Å². The van der Waals surface area contributed by atoms with Crippen molar-refractivity contribution in [2.45, 2.75) is 52.5 Å². The molecule has 0 aliphatic heterocycles. The summed E-state index contributed by atoms with van der Waals surface area (Å²) in [7, 11) is 2.01. The van der Waals surface area contributed by atoms with Crippen LogP contribution in [0.2, 0.25) is 0 Å². The van der Waals surface area contributed by atoms with E-state index in [1.807, 2.05) is 7.05 Å². The molecule has 2 unspecified atom stereocenters. The summed E-state index contributed by atoms with van der Waals surface area (Å²) >= 11 is 0. The molecule has 0 aliphatic rings. The molecule has 2 atom stereocenters. The van der Waals surface area contributed by atoms with Crippen LogP contribution in [0.5, 0.6) is 0 Å². The molecule has 0 fully saturated rings. The summed E-state index contributed by atoms with van der Waals surface area (Å²) in [5.74, 6) is 0.724. The van der Waals surface area contributed by atoms with Gasteiger partial charge >= 0.3 is 0 Å². The maximum absolute atomic E-state index is 5.62. The van der Waals surface area contributed by atoms with E-state index < -0.39 is 0 Å². The highest BCUT2D eigenvalue weighted by Gasteiger charge is 2.01. The molecule has 0 spiro atoms. The van der Waals surface area contributed by atoms with Crippen LogP contribution in [0, 0.1) is 5.92 Å². The lowest BCUT2D eigenvalue weighted by atomic mass is 10.1. The minimum atomic E-state index is 0.617. The summed E-state index contributed by atoms with van der Waals surface area (Å²) < 4.78 is 5.62. The normalized spacial score (nSPS) is 15.4. The van der Waals surface area contributed by atoms with Gasteiger partial charge in [-0.15, -0.1) is 0 Å². The number of hydrogen-bond acceptors (Lipinski definition) is 2. The molecule has 2 heteroatoms.